The van der Waals surface area contributed by atoms with E-state index in [4.69, 9.17) is 21.1 Å². The van der Waals surface area contributed by atoms with Crippen molar-refractivity contribution in [2.45, 2.75) is 6.54 Å². The first-order valence-corrected chi connectivity index (χ1v) is 7.27. The number of hydrogen-bond acceptors (Lipinski definition) is 3. The average Bonchev–Trinajstić information content (AvgIpc) is 3.09. The first-order chi connectivity index (χ1) is 10.7. The van der Waals surface area contributed by atoms with Gasteiger partial charge in [-0.15, -0.1) is 0 Å². The Morgan fingerprint density at radius 2 is 2.14 bits per heavy atom. The third-order valence-electron chi connectivity index (χ3n) is 3.44. The Morgan fingerprint density at radius 3 is 2.91 bits per heavy atom. The second-order valence-electron chi connectivity index (χ2n) is 4.86. The van der Waals surface area contributed by atoms with Gasteiger partial charge in [-0.25, -0.2) is 0 Å². The van der Waals surface area contributed by atoms with Crippen LogP contribution in [0.2, 0.25) is 5.02 Å². The number of carbonyl (C=O) groups excluding carboxylic acids is 1. The molecule has 6 heteroatoms. The lowest BCUT2D eigenvalue weighted by Gasteiger charge is -2.11. The van der Waals surface area contributed by atoms with Crippen molar-refractivity contribution >= 4 is 28.6 Å². The molecule has 0 radical (unpaired) electrons. The van der Waals surface area contributed by atoms with Crippen LogP contribution in [0.5, 0.6) is 0 Å². The second kappa shape index (κ2) is 6.25. The summed E-state index contributed by atoms with van der Waals surface area (Å²) in [6, 6.07) is 11.0. The fourth-order valence-electron chi connectivity index (χ4n) is 2.39. The van der Waals surface area contributed by atoms with Gasteiger partial charge in [-0.2, -0.15) is 0 Å². The third-order valence-corrected chi connectivity index (χ3v) is 3.81. The summed E-state index contributed by atoms with van der Waals surface area (Å²) in [5.41, 5.74) is 2.86. The summed E-state index contributed by atoms with van der Waals surface area (Å²) in [4.78, 5) is 12.2. The number of fused-ring (bicyclic) bond motifs is 1. The molecule has 0 atom stereocenters. The molecule has 0 aliphatic rings. The summed E-state index contributed by atoms with van der Waals surface area (Å²) < 4.78 is 7.23. The molecule has 0 saturated carbocycles. The molecular weight excluding hydrogens is 304 g/mol. The van der Waals surface area contributed by atoms with E-state index in [0.717, 1.165) is 11.1 Å². The Labute approximate surface area is 132 Å². The zero-order valence-electron chi connectivity index (χ0n) is 11.8. The molecule has 1 amide bonds. The number of aliphatic hydroxyl groups excluding tert-OH is 1. The summed E-state index contributed by atoms with van der Waals surface area (Å²) in [5, 5.41) is 12.1. The minimum Gasteiger partial charge on any atom is -0.463 e. The molecule has 3 aromatic rings. The van der Waals surface area contributed by atoms with E-state index in [1.54, 1.807) is 12.3 Å². The van der Waals surface area contributed by atoms with Crippen LogP contribution in [-0.4, -0.2) is 28.7 Å². The highest BCUT2D eigenvalue weighted by atomic mass is 35.5. The van der Waals surface area contributed by atoms with Gasteiger partial charge in [-0.05, 0) is 11.6 Å². The van der Waals surface area contributed by atoms with Crippen molar-refractivity contribution in [2.75, 3.05) is 13.2 Å². The lowest BCUT2D eigenvalue weighted by Crippen LogP contribution is -2.28. The van der Waals surface area contributed by atoms with Crippen LogP contribution >= 0.6 is 11.6 Å². The molecule has 0 aliphatic heterocycles. The first-order valence-electron chi connectivity index (χ1n) is 6.90. The van der Waals surface area contributed by atoms with E-state index in [-0.39, 0.29) is 19.1 Å². The van der Waals surface area contributed by atoms with Crippen molar-refractivity contribution in [2.24, 2.45) is 0 Å². The molecule has 0 fully saturated rings. The summed E-state index contributed by atoms with van der Waals surface area (Å²) in [6.45, 7) is 0.565. The number of hydrogen-bond donors (Lipinski definition) is 2. The zero-order valence-corrected chi connectivity index (χ0v) is 12.5. The number of halogens is 1. The fourth-order valence-corrected chi connectivity index (χ4v) is 2.59. The van der Waals surface area contributed by atoms with E-state index >= 15 is 0 Å². The fraction of sp³-hybridized carbons (Fsp3) is 0.188. The predicted octanol–water partition coefficient (Wildman–Crippen LogP) is 2.66. The van der Waals surface area contributed by atoms with Crippen LogP contribution in [0.1, 0.15) is 16.1 Å². The first kappa shape index (κ1) is 14.7. The summed E-state index contributed by atoms with van der Waals surface area (Å²) in [7, 11) is 0. The van der Waals surface area contributed by atoms with Crippen LogP contribution in [0.4, 0.5) is 0 Å². The molecule has 22 heavy (non-hydrogen) atoms. The average molecular weight is 319 g/mol. The molecule has 2 aromatic heterocycles. The van der Waals surface area contributed by atoms with E-state index in [1.807, 2.05) is 34.9 Å². The number of furan rings is 1. The molecule has 114 valence electrons. The second-order valence-corrected chi connectivity index (χ2v) is 5.26. The lowest BCUT2D eigenvalue weighted by molar-refractivity contribution is 0.0936. The van der Waals surface area contributed by atoms with Crippen molar-refractivity contribution in [1.82, 2.24) is 9.88 Å². The molecule has 0 unspecified atom stereocenters. The van der Waals surface area contributed by atoms with Crippen molar-refractivity contribution < 1.29 is 14.3 Å². The van der Waals surface area contributed by atoms with E-state index < -0.39 is 0 Å². The van der Waals surface area contributed by atoms with Crippen LogP contribution in [0.3, 0.4) is 0 Å². The van der Waals surface area contributed by atoms with Gasteiger partial charge in [-0.1, -0.05) is 29.8 Å². The molecule has 0 spiro atoms. The van der Waals surface area contributed by atoms with Crippen molar-refractivity contribution in [3.05, 3.63) is 58.9 Å². The Balaban J connectivity index is 2.01. The van der Waals surface area contributed by atoms with E-state index in [1.165, 1.54) is 0 Å². The van der Waals surface area contributed by atoms with Crippen LogP contribution in [-0.2, 0) is 6.54 Å². The van der Waals surface area contributed by atoms with Crippen LogP contribution in [0.15, 0.2) is 47.1 Å². The number of aliphatic hydroxyl groups is 1. The molecule has 2 N–H and O–H groups in total. The number of amides is 1. The summed E-state index contributed by atoms with van der Waals surface area (Å²) in [6.07, 6.45) is 1.59. The van der Waals surface area contributed by atoms with Gasteiger partial charge in [0.25, 0.3) is 5.91 Å². The van der Waals surface area contributed by atoms with Crippen LogP contribution < -0.4 is 5.32 Å². The minimum atomic E-state index is -0.257. The predicted molar refractivity (Wildman–Crippen MR) is 84.2 cm³/mol. The normalized spacial score (nSPS) is 11.0. The van der Waals surface area contributed by atoms with Gasteiger partial charge in [0, 0.05) is 30.2 Å². The van der Waals surface area contributed by atoms with E-state index in [0.29, 0.717) is 22.8 Å². The van der Waals surface area contributed by atoms with Crippen molar-refractivity contribution in [1.29, 1.82) is 0 Å². The Kier molecular flexibility index (Phi) is 4.18. The van der Waals surface area contributed by atoms with Crippen molar-refractivity contribution in [3.63, 3.8) is 0 Å². The van der Waals surface area contributed by atoms with Gasteiger partial charge in [0.2, 0.25) is 0 Å². The third kappa shape index (κ3) is 2.73. The molecular formula is C16H15ClN2O3. The van der Waals surface area contributed by atoms with Gasteiger partial charge in [-0.3, -0.25) is 4.79 Å². The molecule has 2 heterocycles. The lowest BCUT2D eigenvalue weighted by atomic mass is 10.2. The maximum absolute atomic E-state index is 12.2. The summed E-state index contributed by atoms with van der Waals surface area (Å²) in [5.74, 6) is -0.257. The molecule has 0 saturated heterocycles. The van der Waals surface area contributed by atoms with Gasteiger partial charge in [0.1, 0.15) is 5.69 Å². The summed E-state index contributed by atoms with van der Waals surface area (Å²) >= 11 is 6.21. The van der Waals surface area contributed by atoms with Crippen LogP contribution in [0, 0.1) is 0 Å². The smallest absolute Gasteiger partial charge is 0.268 e. The topological polar surface area (TPSA) is 67.4 Å². The highest BCUT2D eigenvalue weighted by Crippen LogP contribution is 2.24. The van der Waals surface area contributed by atoms with E-state index in [9.17, 15) is 4.79 Å². The number of nitrogens with one attached hydrogen (secondary N) is 1. The quantitative estimate of drug-likeness (QED) is 0.760. The molecule has 0 aliphatic carbocycles. The molecule has 3 rings (SSSR count). The van der Waals surface area contributed by atoms with Crippen LogP contribution in [0.25, 0.3) is 11.1 Å². The Bertz CT molecular complexity index is 807. The molecule has 1 aromatic carbocycles. The maximum Gasteiger partial charge on any atom is 0.268 e. The molecule has 5 nitrogen and oxygen atoms in total. The monoisotopic (exact) mass is 318 g/mol. The standard InChI is InChI=1S/C16H15ClN2O3/c17-12-4-2-1-3-11(12)10-19-13-5-8-22-15(13)9-14(19)16(21)18-6-7-20/h1-5,8-9,20H,6-7,10H2,(H,18,21). The maximum atomic E-state index is 12.2. The zero-order chi connectivity index (χ0) is 15.5. The van der Waals surface area contributed by atoms with Gasteiger partial charge >= 0.3 is 0 Å². The Hall–Kier alpha value is -2.24. The van der Waals surface area contributed by atoms with Gasteiger partial charge in [0.15, 0.2) is 5.58 Å². The number of benzene rings is 1. The van der Waals surface area contributed by atoms with Crippen molar-refractivity contribution in [3.8, 4) is 0 Å². The number of rotatable bonds is 5. The highest BCUT2D eigenvalue weighted by Gasteiger charge is 2.17. The highest BCUT2D eigenvalue weighted by molar-refractivity contribution is 6.31. The Morgan fingerprint density at radius 1 is 1.32 bits per heavy atom. The van der Waals surface area contributed by atoms with E-state index in [2.05, 4.69) is 5.32 Å². The van der Waals surface area contributed by atoms with Gasteiger partial charge < -0.3 is 19.4 Å². The minimum absolute atomic E-state index is 0.104. The number of carbonyl (C=O) groups is 1. The number of nitrogens with zero attached hydrogens (tertiary/aromatic N) is 1. The van der Waals surface area contributed by atoms with Gasteiger partial charge in [0.05, 0.1) is 18.4 Å². The molecule has 0 bridgehead atoms. The number of aromatic nitrogens is 1. The largest absolute Gasteiger partial charge is 0.463 e. The SMILES string of the molecule is O=C(NCCO)c1cc2occc2n1Cc1ccccc1Cl.